The Bertz CT molecular complexity index is 693. The molecule has 7 heteroatoms. The number of halogens is 1. The van der Waals surface area contributed by atoms with E-state index < -0.39 is 0 Å². The first-order valence-corrected chi connectivity index (χ1v) is 8.07. The van der Waals surface area contributed by atoms with Gasteiger partial charge in [0.2, 0.25) is 0 Å². The summed E-state index contributed by atoms with van der Waals surface area (Å²) in [6, 6.07) is 7.26. The van der Waals surface area contributed by atoms with Crippen molar-refractivity contribution in [2.24, 2.45) is 7.05 Å². The van der Waals surface area contributed by atoms with Gasteiger partial charge in [-0.05, 0) is 43.9 Å². The predicted molar refractivity (Wildman–Crippen MR) is 88.1 cm³/mol. The number of rotatable bonds is 4. The Kier molecular flexibility index (Phi) is 4.26. The zero-order chi connectivity index (χ0) is 16.4. The molecule has 2 aromatic rings. The molecule has 23 heavy (non-hydrogen) atoms. The molecule has 0 bridgehead atoms. The number of benzene rings is 1. The van der Waals surface area contributed by atoms with Gasteiger partial charge in [-0.3, -0.25) is 0 Å². The molecule has 1 saturated carbocycles. The zero-order valence-corrected chi connectivity index (χ0v) is 14.0. The molecule has 1 aromatic heterocycles. The highest BCUT2D eigenvalue weighted by atomic mass is 35.5. The van der Waals surface area contributed by atoms with Gasteiger partial charge in [0.15, 0.2) is 5.82 Å². The van der Waals surface area contributed by atoms with Crippen LogP contribution in [0.3, 0.4) is 0 Å². The molecule has 0 spiro atoms. The Balaban J connectivity index is 1.68. The first-order chi connectivity index (χ1) is 11.0. The van der Waals surface area contributed by atoms with Gasteiger partial charge in [-0.1, -0.05) is 23.7 Å². The lowest BCUT2D eigenvalue weighted by atomic mass is 9.72. The Morgan fingerprint density at radius 3 is 2.57 bits per heavy atom. The van der Waals surface area contributed by atoms with Gasteiger partial charge in [0.1, 0.15) is 6.33 Å². The number of hydrogen-bond donors (Lipinski definition) is 2. The molecule has 2 N–H and O–H groups in total. The summed E-state index contributed by atoms with van der Waals surface area (Å²) in [6.07, 6.45) is 4.58. The number of carbonyl (C=O) groups is 1. The van der Waals surface area contributed by atoms with Gasteiger partial charge < -0.3 is 15.2 Å². The van der Waals surface area contributed by atoms with Crippen LogP contribution in [0.1, 0.15) is 43.6 Å². The second-order valence-electron chi connectivity index (χ2n) is 6.06. The topological polar surface area (TPSA) is 71.8 Å². The van der Waals surface area contributed by atoms with Crippen molar-refractivity contribution in [2.45, 2.75) is 37.8 Å². The van der Waals surface area contributed by atoms with E-state index in [1.165, 1.54) is 0 Å². The summed E-state index contributed by atoms with van der Waals surface area (Å²) in [5.41, 5.74) is 0.795. The lowest BCUT2D eigenvalue weighted by molar-refractivity contribution is 0.175. The van der Waals surface area contributed by atoms with Crippen LogP contribution in [-0.2, 0) is 12.6 Å². The summed E-state index contributed by atoms with van der Waals surface area (Å²) in [6.45, 7) is 1.89. The van der Waals surface area contributed by atoms with Crippen molar-refractivity contribution in [2.75, 3.05) is 0 Å². The summed E-state index contributed by atoms with van der Waals surface area (Å²) in [4.78, 5) is 12.4. The van der Waals surface area contributed by atoms with E-state index in [1.54, 1.807) is 10.9 Å². The Morgan fingerprint density at radius 2 is 2.04 bits per heavy atom. The highest BCUT2D eigenvalue weighted by Gasteiger charge is 2.40. The molecule has 122 valence electrons. The summed E-state index contributed by atoms with van der Waals surface area (Å²) in [5, 5.41) is 14.6. The normalized spacial score (nSPS) is 17.2. The third-order valence-electron chi connectivity index (χ3n) is 4.44. The standard InChI is InChI=1S/C16H20ClN5O/c1-11(14-21-18-10-22(14)2)19-15(23)20-16(8-3-9-16)12-4-6-13(17)7-5-12/h4-7,10-11H,3,8-9H2,1-2H3,(H2,19,20,23). The van der Waals surface area contributed by atoms with Gasteiger partial charge in [0.05, 0.1) is 11.6 Å². The molecule has 0 saturated heterocycles. The fraction of sp³-hybridized carbons (Fsp3) is 0.438. The minimum atomic E-state index is -0.297. The molecule has 1 aliphatic rings. The molecule has 1 atom stereocenters. The molecule has 1 fully saturated rings. The van der Waals surface area contributed by atoms with Crippen molar-refractivity contribution in [3.63, 3.8) is 0 Å². The average molecular weight is 334 g/mol. The van der Waals surface area contributed by atoms with E-state index in [-0.39, 0.29) is 17.6 Å². The summed E-state index contributed by atoms with van der Waals surface area (Å²) in [5.74, 6) is 0.717. The highest BCUT2D eigenvalue weighted by Crippen LogP contribution is 2.41. The molecule has 3 rings (SSSR count). The molecule has 1 unspecified atom stereocenters. The maximum absolute atomic E-state index is 12.4. The van der Waals surface area contributed by atoms with E-state index in [9.17, 15) is 4.79 Å². The maximum atomic E-state index is 12.4. The van der Waals surface area contributed by atoms with E-state index in [2.05, 4.69) is 20.8 Å². The first-order valence-electron chi connectivity index (χ1n) is 7.69. The van der Waals surface area contributed by atoms with Crippen LogP contribution in [0.5, 0.6) is 0 Å². The van der Waals surface area contributed by atoms with E-state index in [0.717, 1.165) is 24.8 Å². The highest BCUT2D eigenvalue weighted by molar-refractivity contribution is 6.30. The fourth-order valence-corrected chi connectivity index (χ4v) is 3.11. The Labute approximate surface area is 140 Å². The van der Waals surface area contributed by atoms with E-state index in [1.807, 2.05) is 38.2 Å². The van der Waals surface area contributed by atoms with Gasteiger partial charge in [-0.2, -0.15) is 0 Å². The van der Waals surface area contributed by atoms with Gasteiger partial charge in [-0.25, -0.2) is 4.79 Å². The number of amides is 2. The number of aryl methyl sites for hydroxylation is 1. The average Bonchev–Trinajstić information content (AvgIpc) is 2.90. The number of nitrogens with zero attached hydrogens (tertiary/aromatic N) is 3. The van der Waals surface area contributed by atoms with Crippen LogP contribution in [-0.4, -0.2) is 20.8 Å². The lowest BCUT2D eigenvalue weighted by Gasteiger charge is -2.43. The van der Waals surface area contributed by atoms with Crippen molar-refractivity contribution < 1.29 is 4.79 Å². The maximum Gasteiger partial charge on any atom is 0.316 e. The van der Waals surface area contributed by atoms with Crippen LogP contribution in [0.25, 0.3) is 0 Å². The van der Waals surface area contributed by atoms with Crippen molar-refractivity contribution in [3.8, 4) is 0 Å². The quantitative estimate of drug-likeness (QED) is 0.903. The van der Waals surface area contributed by atoms with Gasteiger partial charge in [-0.15, -0.1) is 10.2 Å². The monoisotopic (exact) mass is 333 g/mol. The van der Waals surface area contributed by atoms with Gasteiger partial charge >= 0.3 is 6.03 Å². The van der Waals surface area contributed by atoms with Crippen LogP contribution < -0.4 is 10.6 Å². The van der Waals surface area contributed by atoms with E-state index >= 15 is 0 Å². The number of hydrogen-bond acceptors (Lipinski definition) is 3. The van der Waals surface area contributed by atoms with Crippen molar-refractivity contribution in [1.29, 1.82) is 0 Å². The third-order valence-corrected chi connectivity index (χ3v) is 4.69. The van der Waals surface area contributed by atoms with Crippen molar-refractivity contribution in [3.05, 3.63) is 47.0 Å². The summed E-state index contributed by atoms with van der Waals surface area (Å²) < 4.78 is 1.79. The minimum Gasteiger partial charge on any atom is -0.329 e. The third kappa shape index (κ3) is 3.17. The smallest absolute Gasteiger partial charge is 0.316 e. The largest absolute Gasteiger partial charge is 0.329 e. The van der Waals surface area contributed by atoms with Crippen LogP contribution in [0.2, 0.25) is 5.02 Å². The Hall–Kier alpha value is -2.08. The van der Waals surface area contributed by atoms with Crippen LogP contribution in [0.15, 0.2) is 30.6 Å². The number of nitrogens with one attached hydrogen (secondary N) is 2. The van der Waals surface area contributed by atoms with Crippen LogP contribution >= 0.6 is 11.6 Å². The first kappa shape index (κ1) is 15.8. The molecule has 0 radical (unpaired) electrons. The minimum absolute atomic E-state index is 0.199. The number of urea groups is 1. The van der Waals surface area contributed by atoms with Crippen LogP contribution in [0.4, 0.5) is 4.79 Å². The molecule has 6 nitrogen and oxygen atoms in total. The van der Waals surface area contributed by atoms with Crippen molar-refractivity contribution in [1.82, 2.24) is 25.4 Å². The van der Waals surface area contributed by atoms with E-state index in [0.29, 0.717) is 10.8 Å². The zero-order valence-electron chi connectivity index (χ0n) is 13.2. The Morgan fingerprint density at radius 1 is 1.35 bits per heavy atom. The van der Waals surface area contributed by atoms with Crippen molar-refractivity contribution >= 4 is 17.6 Å². The molecule has 0 aliphatic heterocycles. The van der Waals surface area contributed by atoms with Gasteiger partial charge in [0.25, 0.3) is 0 Å². The molecule has 1 heterocycles. The molecular formula is C16H20ClN5O. The second-order valence-corrected chi connectivity index (χ2v) is 6.50. The van der Waals surface area contributed by atoms with Crippen LogP contribution in [0, 0.1) is 0 Å². The molecule has 2 amide bonds. The number of aromatic nitrogens is 3. The van der Waals surface area contributed by atoms with E-state index in [4.69, 9.17) is 11.6 Å². The second kappa shape index (κ2) is 6.20. The fourth-order valence-electron chi connectivity index (χ4n) is 2.98. The number of carbonyl (C=O) groups excluding carboxylic acids is 1. The molecular weight excluding hydrogens is 314 g/mol. The lowest BCUT2D eigenvalue weighted by Crippen LogP contribution is -2.54. The predicted octanol–water partition coefficient (Wildman–Crippen LogP) is 2.91. The summed E-state index contributed by atoms with van der Waals surface area (Å²) >= 11 is 5.95. The molecule has 1 aromatic carbocycles. The van der Waals surface area contributed by atoms with Gasteiger partial charge in [0, 0.05) is 12.1 Å². The SMILES string of the molecule is CC(NC(=O)NC1(c2ccc(Cl)cc2)CCC1)c1nncn1C. The molecule has 1 aliphatic carbocycles. The summed E-state index contributed by atoms with van der Waals surface area (Å²) in [7, 11) is 1.85.